The number of carbonyl (C=O) groups is 1. The number of rotatable bonds is 5. The molecule has 1 aliphatic rings. The van der Waals surface area contributed by atoms with E-state index in [1.165, 1.54) is 0 Å². The first kappa shape index (κ1) is 18.7. The lowest BCUT2D eigenvalue weighted by Crippen LogP contribution is -2.40. The van der Waals surface area contributed by atoms with Gasteiger partial charge in [0.05, 0.1) is 17.1 Å². The maximum Gasteiger partial charge on any atom is 0.228 e. The molecule has 5 nitrogen and oxygen atoms in total. The van der Waals surface area contributed by atoms with E-state index in [0.717, 1.165) is 55.0 Å². The number of benzene rings is 2. The Labute approximate surface area is 168 Å². The van der Waals surface area contributed by atoms with E-state index in [2.05, 4.69) is 15.2 Å². The predicted octanol–water partition coefficient (Wildman–Crippen LogP) is 4.37. The Morgan fingerprint density at radius 2 is 2.11 bits per heavy atom. The highest BCUT2D eigenvalue weighted by Crippen LogP contribution is 2.24. The second-order valence-electron chi connectivity index (χ2n) is 7.18. The van der Waals surface area contributed by atoms with E-state index in [4.69, 9.17) is 0 Å². The molecule has 3 aromatic rings. The molecule has 0 unspecified atom stereocenters. The largest absolute Gasteiger partial charge is 0.508 e. The minimum Gasteiger partial charge on any atom is -0.508 e. The summed E-state index contributed by atoms with van der Waals surface area (Å²) in [5.41, 5.74) is 5.70. The average Bonchev–Trinajstić information content (AvgIpc) is 3.24. The number of aromatic nitrogens is 1. The topological polar surface area (TPSA) is 65.5 Å². The zero-order valence-corrected chi connectivity index (χ0v) is 16.4. The highest BCUT2D eigenvalue weighted by atomic mass is 32.1. The van der Waals surface area contributed by atoms with Crippen molar-refractivity contribution in [1.29, 1.82) is 0 Å². The van der Waals surface area contributed by atoms with Gasteiger partial charge in [0.2, 0.25) is 5.91 Å². The Kier molecular flexibility index (Phi) is 5.69. The van der Waals surface area contributed by atoms with Gasteiger partial charge < -0.3 is 10.4 Å². The van der Waals surface area contributed by atoms with Crippen molar-refractivity contribution in [2.75, 3.05) is 18.4 Å². The maximum atomic E-state index is 12.7. The fraction of sp³-hybridized carbons (Fsp3) is 0.273. The minimum absolute atomic E-state index is 0.0238. The zero-order valence-electron chi connectivity index (χ0n) is 15.5. The third-order valence-corrected chi connectivity index (χ3v) is 5.66. The first-order chi connectivity index (χ1) is 13.7. The van der Waals surface area contributed by atoms with Crippen LogP contribution in [0.5, 0.6) is 5.75 Å². The van der Waals surface area contributed by atoms with Gasteiger partial charge in [-0.05, 0) is 49.2 Å². The number of amides is 1. The normalized spacial score (nSPS) is 17.4. The monoisotopic (exact) mass is 393 g/mol. The second-order valence-corrected chi connectivity index (χ2v) is 7.90. The molecule has 0 spiro atoms. The van der Waals surface area contributed by atoms with Crippen LogP contribution in [-0.2, 0) is 11.3 Å². The van der Waals surface area contributed by atoms with E-state index in [9.17, 15) is 9.90 Å². The Morgan fingerprint density at radius 3 is 2.86 bits per heavy atom. The van der Waals surface area contributed by atoms with Crippen molar-refractivity contribution in [1.82, 2.24) is 9.88 Å². The summed E-state index contributed by atoms with van der Waals surface area (Å²) in [7, 11) is 0. The number of anilines is 1. The zero-order chi connectivity index (χ0) is 19.3. The Balaban J connectivity index is 1.35. The average molecular weight is 394 g/mol. The Morgan fingerprint density at radius 1 is 1.25 bits per heavy atom. The molecule has 4 rings (SSSR count). The number of piperidine rings is 1. The number of aromatic hydroxyl groups is 1. The highest BCUT2D eigenvalue weighted by molar-refractivity contribution is 7.07. The van der Waals surface area contributed by atoms with Gasteiger partial charge in [-0.2, -0.15) is 0 Å². The van der Waals surface area contributed by atoms with Crippen molar-refractivity contribution in [3.05, 3.63) is 65.0 Å². The van der Waals surface area contributed by atoms with Crippen LogP contribution in [-0.4, -0.2) is 34.0 Å². The third-order valence-electron chi connectivity index (χ3n) is 5.07. The molecule has 1 aliphatic heterocycles. The molecule has 1 saturated heterocycles. The number of nitrogens with zero attached hydrogens (tertiary/aromatic N) is 2. The SMILES string of the molecule is O=C(Nc1ccc(-c2cscn2)cc1)[C@H]1CCCN(Cc2cccc(O)c2)C1. The van der Waals surface area contributed by atoms with Crippen LogP contribution in [0.4, 0.5) is 5.69 Å². The van der Waals surface area contributed by atoms with Gasteiger partial charge in [-0.25, -0.2) is 4.98 Å². The van der Waals surface area contributed by atoms with E-state index in [-0.39, 0.29) is 17.6 Å². The molecule has 144 valence electrons. The number of hydrogen-bond acceptors (Lipinski definition) is 5. The molecule has 2 aromatic carbocycles. The molecule has 1 amide bonds. The van der Waals surface area contributed by atoms with E-state index in [1.54, 1.807) is 23.5 Å². The van der Waals surface area contributed by atoms with Crippen LogP contribution in [0.15, 0.2) is 59.4 Å². The molecule has 28 heavy (non-hydrogen) atoms. The summed E-state index contributed by atoms with van der Waals surface area (Å²) >= 11 is 1.57. The quantitative estimate of drug-likeness (QED) is 0.676. The molecule has 2 heterocycles. The van der Waals surface area contributed by atoms with Crippen LogP contribution in [0.25, 0.3) is 11.3 Å². The standard InChI is InChI=1S/C22H23N3O2S/c26-20-5-1-3-16(11-20)12-25-10-2-4-18(13-25)22(27)24-19-8-6-17(7-9-19)21-14-28-15-23-21/h1,3,5-9,11,14-15,18,26H,2,4,10,12-13H2,(H,24,27)/t18-/m0/s1. The van der Waals surface area contributed by atoms with Crippen molar-refractivity contribution >= 4 is 22.9 Å². The van der Waals surface area contributed by atoms with Crippen molar-refractivity contribution in [2.24, 2.45) is 5.92 Å². The summed E-state index contributed by atoms with van der Waals surface area (Å²) in [6.45, 7) is 2.46. The molecule has 2 N–H and O–H groups in total. The molecule has 0 bridgehead atoms. The molecule has 0 radical (unpaired) electrons. The fourth-order valence-electron chi connectivity index (χ4n) is 3.65. The second kappa shape index (κ2) is 8.54. The van der Waals surface area contributed by atoms with E-state index in [1.807, 2.05) is 47.3 Å². The van der Waals surface area contributed by atoms with Gasteiger partial charge >= 0.3 is 0 Å². The molecule has 0 saturated carbocycles. The van der Waals surface area contributed by atoms with Crippen LogP contribution < -0.4 is 5.32 Å². The van der Waals surface area contributed by atoms with Gasteiger partial charge in [-0.1, -0.05) is 24.3 Å². The molecule has 1 fully saturated rings. The lowest BCUT2D eigenvalue weighted by atomic mass is 9.96. The molecule has 1 aromatic heterocycles. The summed E-state index contributed by atoms with van der Waals surface area (Å²) < 4.78 is 0. The molecule has 1 atom stereocenters. The summed E-state index contributed by atoms with van der Waals surface area (Å²) in [5, 5.41) is 14.7. The van der Waals surface area contributed by atoms with Crippen molar-refractivity contribution in [3.63, 3.8) is 0 Å². The third kappa shape index (κ3) is 4.58. The van der Waals surface area contributed by atoms with Crippen molar-refractivity contribution < 1.29 is 9.90 Å². The van der Waals surface area contributed by atoms with Crippen molar-refractivity contribution in [2.45, 2.75) is 19.4 Å². The summed E-state index contributed by atoms with van der Waals surface area (Å²) in [6, 6.07) is 15.2. The van der Waals surface area contributed by atoms with Crippen molar-refractivity contribution in [3.8, 4) is 17.0 Å². The number of phenolic OH excluding ortho intramolecular Hbond substituents is 1. The van der Waals surface area contributed by atoms with Gasteiger partial charge in [0.15, 0.2) is 0 Å². The van der Waals surface area contributed by atoms with E-state index >= 15 is 0 Å². The molecular weight excluding hydrogens is 370 g/mol. The summed E-state index contributed by atoms with van der Waals surface area (Å²) in [6.07, 6.45) is 1.90. The number of thiazole rings is 1. The Hall–Kier alpha value is -2.70. The molecule has 0 aliphatic carbocycles. The van der Waals surface area contributed by atoms with Crippen LogP contribution in [0.2, 0.25) is 0 Å². The van der Waals surface area contributed by atoms with Gasteiger partial charge in [-0.15, -0.1) is 11.3 Å². The number of nitrogens with one attached hydrogen (secondary N) is 1. The van der Waals surface area contributed by atoms with Gasteiger partial charge in [-0.3, -0.25) is 9.69 Å². The first-order valence-electron chi connectivity index (χ1n) is 9.47. The van der Waals surface area contributed by atoms with Crippen LogP contribution in [0.3, 0.4) is 0 Å². The van der Waals surface area contributed by atoms with E-state index in [0.29, 0.717) is 0 Å². The lowest BCUT2D eigenvalue weighted by molar-refractivity contribution is -0.121. The van der Waals surface area contributed by atoms with Gasteiger partial charge in [0.25, 0.3) is 0 Å². The van der Waals surface area contributed by atoms with Gasteiger partial charge in [0.1, 0.15) is 5.75 Å². The van der Waals surface area contributed by atoms with E-state index < -0.39 is 0 Å². The minimum atomic E-state index is -0.0238. The number of carbonyl (C=O) groups excluding carboxylic acids is 1. The van der Waals surface area contributed by atoms with Crippen LogP contribution in [0, 0.1) is 5.92 Å². The van der Waals surface area contributed by atoms with Gasteiger partial charge in [0, 0.05) is 29.7 Å². The van der Waals surface area contributed by atoms with Crippen LogP contribution >= 0.6 is 11.3 Å². The number of phenols is 1. The summed E-state index contributed by atoms with van der Waals surface area (Å²) in [5.74, 6) is 0.330. The predicted molar refractivity (Wildman–Crippen MR) is 112 cm³/mol. The first-order valence-corrected chi connectivity index (χ1v) is 10.4. The number of likely N-dealkylation sites (tertiary alicyclic amines) is 1. The lowest BCUT2D eigenvalue weighted by Gasteiger charge is -2.32. The highest BCUT2D eigenvalue weighted by Gasteiger charge is 2.26. The maximum absolute atomic E-state index is 12.7. The Bertz CT molecular complexity index is 925. The molecular formula is C22H23N3O2S. The molecule has 6 heteroatoms. The fourth-order valence-corrected chi connectivity index (χ4v) is 4.21. The number of hydrogen-bond donors (Lipinski definition) is 2. The smallest absolute Gasteiger partial charge is 0.228 e. The van der Waals surface area contributed by atoms with Crippen LogP contribution in [0.1, 0.15) is 18.4 Å². The summed E-state index contributed by atoms with van der Waals surface area (Å²) in [4.78, 5) is 19.3.